The molecule has 0 fully saturated rings. The van der Waals surface area contributed by atoms with E-state index in [4.69, 9.17) is 11.6 Å². The Bertz CT molecular complexity index is 2420. The normalized spacial score (nSPS) is 13.5. The highest BCUT2D eigenvalue weighted by molar-refractivity contribution is 6.30. The van der Waals surface area contributed by atoms with Gasteiger partial charge in [-0.2, -0.15) is 9.14 Å². The van der Waals surface area contributed by atoms with E-state index in [0.717, 1.165) is 61.7 Å². The van der Waals surface area contributed by atoms with Crippen molar-refractivity contribution in [3.8, 4) is 56.2 Å². The average Bonchev–Trinajstić information content (AvgIpc) is 3.38. The minimum absolute atomic E-state index is 0.204. The van der Waals surface area contributed by atoms with E-state index in [9.17, 15) is 5.11 Å². The van der Waals surface area contributed by atoms with Gasteiger partial charge >= 0.3 is 0 Å². The van der Waals surface area contributed by atoms with E-state index in [2.05, 4.69) is 164 Å². The molecular weight excluding hydrogens is 656 g/mol. The third-order valence-corrected chi connectivity index (χ3v) is 10.5. The van der Waals surface area contributed by atoms with Crippen LogP contribution in [0.1, 0.15) is 25.0 Å². The molecule has 0 saturated carbocycles. The Balaban J connectivity index is 1.41. The third-order valence-electron chi connectivity index (χ3n) is 10.2. The van der Waals surface area contributed by atoms with E-state index >= 15 is 0 Å². The summed E-state index contributed by atoms with van der Waals surface area (Å²) in [7, 11) is 2.12. The Labute approximate surface area is 310 Å². The molecule has 1 N–H and O–H groups in total. The van der Waals surface area contributed by atoms with Crippen molar-refractivity contribution in [1.29, 1.82) is 0 Å². The second-order valence-electron chi connectivity index (χ2n) is 13.8. The van der Waals surface area contributed by atoms with Gasteiger partial charge in [0.1, 0.15) is 12.8 Å². The van der Waals surface area contributed by atoms with Crippen molar-refractivity contribution in [2.75, 3.05) is 7.05 Å². The molecule has 7 aromatic rings. The molecule has 4 heteroatoms. The first-order chi connectivity index (χ1) is 25.3. The van der Waals surface area contributed by atoms with E-state index in [1.165, 1.54) is 11.3 Å². The first kappa shape index (κ1) is 33.1. The van der Waals surface area contributed by atoms with Gasteiger partial charge in [-0.1, -0.05) is 109 Å². The Morgan fingerprint density at radius 2 is 1.10 bits per heavy atom. The van der Waals surface area contributed by atoms with Gasteiger partial charge in [-0.15, -0.1) is 0 Å². The van der Waals surface area contributed by atoms with E-state index in [0.29, 0.717) is 5.02 Å². The van der Waals surface area contributed by atoms with E-state index in [-0.39, 0.29) is 11.2 Å². The maximum Gasteiger partial charge on any atom is 0.219 e. The quantitative estimate of drug-likeness (QED) is 0.165. The first-order valence-corrected chi connectivity index (χ1v) is 18.0. The third kappa shape index (κ3) is 6.04. The van der Waals surface area contributed by atoms with Crippen molar-refractivity contribution in [2.24, 2.45) is 0 Å². The van der Waals surface area contributed by atoms with Crippen molar-refractivity contribution in [2.45, 2.75) is 19.3 Å². The second-order valence-corrected chi connectivity index (χ2v) is 14.2. The number of rotatable bonds is 7. The molecule has 0 spiro atoms. The van der Waals surface area contributed by atoms with Crippen LogP contribution in [-0.2, 0) is 5.41 Å². The summed E-state index contributed by atoms with van der Waals surface area (Å²) in [5, 5.41) is 12.8. The molecule has 6 aromatic carbocycles. The lowest BCUT2D eigenvalue weighted by Crippen LogP contribution is -2.36. The molecule has 1 aliphatic rings. The molecule has 0 aliphatic carbocycles. The van der Waals surface area contributed by atoms with Gasteiger partial charge < -0.3 is 5.11 Å². The van der Waals surface area contributed by atoms with Crippen molar-refractivity contribution < 1.29 is 14.2 Å². The number of hydrogen-bond acceptors (Lipinski definition) is 1. The average molecular weight is 695 g/mol. The van der Waals surface area contributed by atoms with Crippen molar-refractivity contribution in [1.82, 2.24) is 0 Å². The molecule has 8 rings (SSSR count). The monoisotopic (exact) mass is 694 g/mol. The fourth-order valence-electron chi connectivity index (χ4n) is 7.53. The number of hydrogen-bond donors (Lipinski definition) is 1. The summed E-state index contributed by atoms with van der Waals surface area (Å²) in [6.07, 6.45) is 4.23. The number of allylic oxidation sites excluding steroid dienone is 1. The van der Waals surface area contributed by atoms with Crippen LogP contribution in [0.4, 0.5) is 5.69 Å². The highest BCUT2D eigenvalue weighted by atomic mass is 35.5. The van der Waals surface area contributed by atoms with Crippen LogP contribution in [0.15, 0.2) is 170 Å². The van der Waals surface area contributed by atoms with Gasteiger partial charge in [-0.05, 0) is 73.0 Å². The Morgan fingerprint density at radius 3 is 1.67 bits per heavy atom. The van der Waals surface area contributed by atoms with Crippen LogP contribution in [-0.4, -0.2) is 22.4 Å². The largest absolute Gasteiger partial charge is 0.507 e. The molecule has 0 atom stereocenters. The lowest BCUT2D eigenvalue weighted by molar-refractivity contribution is -0.572. The number of halogens is 1. The molecule has 0 unspecified atom stereocenters. The molecule has 0 amide bonds. The van der Waals surface area contributed by atoms with Gasteiger partial charge in [0.05, 0.1) is 5.41 Å². The molecule has 1 aliphatic heterocycles. The number of nitrogens with zero attached hydrogens (tertiary/aromatic N) is 2. The summed E-state index contributed by atoms with van der Waals surface area (Å²) in [5.41, 5.74) is 13.2. The first-order valence-electron chi connectivity index (χ1n) is 17.6. The van der Waals surface area contributed by atoms with Crippen LogP contribution >= 0.6 is 11.6 Å². The number of phenols is 1. The molecule has 2 heterocycles. The molecule has 252 valence electrons. The fourth-order valence-corrected chi connectivity index (χ4v) is 7.66. The summed E-state index contributed by atoms with van der Waals surface area (Å²) in [6, 6.07) is 56.4. The maximum absolute atomic E-state index is 12.1. The molecule has 52 heavy (non-hydrogen) atoms. The van der Waals surface area contributed by atoms with Crippen LogP contribution < -0.4 is 4.57 Å². The molecule has 0 bridgehead atoms. The predicted octanol–water partition coefficient (Wildman–Crippen LogP) is 11.7. The molecule has 0 saturated heterocycles. The van der Waals surface area contributed by atoms with Gasteiger partial charge in [0, 0.05) is 69.2 Å². The number of fused-ring (bicyclic) bond motifs is 1. The van der Waals surface area contributed by atoms with E-state index < -0.39 is 0 Å². The highest BCUT2D eigenvalue weighted by Gasteiger charge is 2.42. The second kappa shape index (κ2) is 13.6. The zero-order chi connectivity index (χ0) is 35.8. The fraction of sp³-hybridized carbons (Fsp3) is 0.0833. The number of pyridine rings is 1. The molecule has 0 radical (unpaired) electrons. The lowest BCUT2D eigenvalue weighted by Gasteiger charge is -2.16. The standard InChI is InChI=1S/C48H38ClN2O/c1-48(2)42-21-13-14-22-43(42)50(3)46(48)28-25-37-29-40(32-41(47(37)52)34-15-7-4-8-16-34)51-44(35-17-9-5-10-18-35)30-38(33-23-26-39(49)27-24-33)31-45(51)36-19-11-6-12-20-36/h4-32H,1-3H3/q+1/p+1. The van der Waals surface area contributed by atoms with Gasteiger partial charge in [0.25, 0.3) is 0 Å². The molecule has 3 nitrogen and oxygen atoms in total. The zero-order valence-corrected chi connectivity index (χ0v) is 30.2. The van der Waals surface area contributed by atoms with Gasteiger partial charge in [0.2, 0.25) is 22.8 Å². The van der Waals surface area contributed by atoms with Gasteiger partial charge in [-0.25, -0.2) is 0 Å². The van der Waals surface area contributed by atoms with Gasteiger partial charge in [0.15, 0.2) is 5.71 Å². The molecular formula is C48H39ClN2O+2. The van der Waals surface area contributed by atoms with Crippen molar-refractivity contribution in [3.63, 3.8) is 0 Å². The summed E-state index contributed by atoms with van der Waals surface area (Å²) < 4.78 is 4.58. The van der Waals surface area contributed by atoms with Crippen LogP contribution in [0, 0.1) is 0 Å². The minimum Gasteiger partial charge on any atom is -0.507 e. The summed E-state index contributed by atoms with van der Waals surface area (Å²) >= 11 is 6.33. The predicted molar refractivity (Wildman–Crippen MR) is 216 cm³/mol. The number of aromatic hydroxyl groups is 1. The zero-order valence-electron chi connectivity index (χ0n) is 29.5. The van der Waals surface area contributed by atoms with Crippen molar-refractivity contribution in [3.05, 3.63) is 186 Å². The Hall–Kier alpha value is -6.03. The van der Waals surface area contributed by atoms with E-state index in [1.807, 2.05) is 42.5 Å². The number of aromatic nitrogens is 1. The van der Waals surface area contributed by atoms with Crippen LogP contribution in [0.3, 0.4) is 0 Å². The summed E-state index contributed by atoms with van der Waals surface area (Å²) in [5.74, 6) is 0.240. The van der Waals surface area contributed by atoms with Crippen LogP contribution in [0.5, 0.6) is 5.75 Å². The summed E-state index contributed by atoms with van der Waals surface area (Å²) in [6.45, 7) is 4.52. The highest BCUT2D eigenvalue weighted by Crippen LogP contribution is 2.41. The topological polar surface area (TPSA) is 27.1 Å². The summed E-state index contributed by atoms with van der Waals surface area (Å²) in [4.78, 5) is 0. The lowest BCUT2D eigenvalue weighted by atomic mass is 9.81. The molecule has 1 aromatic heterocycles. The smallest absolute Gasteiger partial charge is 0.219 e. The SMILES string of the molecule is C[N+]1=C(/C=C\c2cc(-[n+]3c(-c4ccccc4)cc(-c4ccc(Cl)cc4)cc3-c3ccccc3)cc(-c3ccccc3)c2O)C(C)(C)c2ccccc21. The number of para-hydroxylation sites is 1. The van der Waals surface area contributed by atoms with Crippen LogP contribution in [0.25, 0.3) is 56.5 Å². The minimum atomic E-state index is -0.204. The maximum atomic E-state index is 12.1. The van der Waals surface area contributed by atoms with E-state index in [1.54, 1.807) is 0 Å². The van der Waals surface area contributed by atoms with Crippen LogP contribution in [0.2, 0.25) is 5.02 Å². The van der Waals surface area contributed by atoms with Crippen molar-refractivity contribution >= 4 is 29.1 Å². The number of phenolic OH excluding ortho intramolecular Hbond substituents is 1. The van der Waals surface area contributed by atoms with Gasteiger partial charge in [-0.3, -0.25) is 0 Å². The number of benzene rings is 6. The Kier molecular flexibility index (Phi) is 8.66. The Morgan fingerprint density at radius 1 is 0.558 bits per heavy atom.